The standard InChI is InChI=1S/C11H19N3OS/c1-4-15-11-5-10(13-8-14-11)12-6-9(2)7-16-3/h5,8-9H,4,6-7H2,1-3H3,(H,12,13,14). The lowest BCUT2D eigenvalue weighted by Gasteiger charge is -2.11. The largest absolute Gasteiger partial charge is 0.478 e. The number of hydrogen-bond acceptors (Lipinski definition) is 5. The maximum atomic E-state index is 5.31. The maximum Gasteiger partial charge on any atom is 0.218 e. The SMILES string of the molecule is CCOc1cc(NCC(C)CSC)ncn1. The van der Waals surface area contributed by atoms with E-state index >= 15 is 0 Å². The summed E-state index contributed by atoms with van der Waals surface area (Å²) in [7, 11) is 0. The zero-order valence-corrected chi connectivity index (χ0v) is 10.9. The molecule has 4 nitrogen and oxygen atoms in total. The Labute approximate surface area is 101 Å². The minimum Gasteiger partial charge on any atom is -0.478 e. The zero-order valence-electron chi connectivity index (χ0n) is 10.1. The highest BCUT2D eigenvalue weighted by atomic mass is 32.2. The van der Waals surface area contributed by atoms with Gasteiger partial charge in [-0.3, -0.25) is 0 Å². The molecule has 0 fully saturated rings. The van der Waals surface area contributed by atoms with Gasteiger partial charge in [0.05, 0.1) is 6.61 Å². The van der Waals surface area contributed by atoms with Crippen LogP contribution in [0.1, 0.15) is 13.8 Å². The number of nitrogens with one attached hydrogen (secondary N) is 1. The summed E-state index contributed by atoms with van der Waals surface area (Å²) in [6.45, 7) is 5.70. The maximum absolute atomic E-state index is 5.31. The number of hydrogen-bond donors (Lipinski definition) is 1. The van der Waals surface area contributed by atoms with Crippen LogP contribution in [0.15, 0.2) is 12.4 Å². The fraction of sp³-hybridized carbons (Fsp3) is 0.636. The number of thioether (sulfide) groups is 1. The van der Waals surface area contributed by atoms with Crippen molar-refractivity contribution in [2.24, 2.45) is 5.92 Å². The first-order chi connectivity index (χ1) is 7.76. The van der Waals surface area contributed by atoms with Crippen LogP contribution >= 0.6 is 11.8 Å². The van der Waals surface area contributed by atoms with Gasteiger partial charge in [-0.1, -0.05) is 6.92 Å². The highest BCUT2D eigenvalue weighted by Crippen LogP contribution is 2.12. The van der Waals surface area contributed by atoms with E-state index in [2.05, 4.69) is 28.5 Å². The molecule has 90 valence electrons. The first-order valence-electron chi connectivity index (χ1n) is 5.44. The monoisotopic (exact) mass is 241 g/mol. The lowest BCUT2D eigenvalue weighted by molar-refractivity contribution is 0.326. The summed E-state index contributed by atoms with van der Waals surface area (Å²) >= 11 is 1.86. The highest BCUT2D eigenvalue weighted by Gasteiger charge is 2.02. The van der Waals surface area contributed by atoms with Crippen LogP contribution in [0.4, 0.5) is 5.82 Å². The molecule has 0 radical (unpaired) electrons. The van der Waals surface area contributed by atoms with Crippen molar-refractivity contribution >= 4 is 17.6 Å². The molecule has 1 aromatic rings. The Balaban J connectivity index is 2.44. The second-order valence-corrected chi connectivity index (χ2v) is 4.53. The molecule has 5 heteroatoms. The van der Waals surface area contributed by atoms with Gasteiger partial charge in [0.1, 0.15) is 12.1 Å². The van der Waals surface area contributed by atoms with Crippen molar-refractivity contribution in [1.82, 2.24) is 9.97 Å². The Morgan fingerprint density at radius 1 is 1.50 bits per heavy atom. The molecule has 1 atom stereocenters. The predicted molar refractivity (Wildman–Crippen MR) is 69.2 cm³/mol. The van der Waals surface area contributed by atoms with Crippen molar-refractivity contribution in [3.8, 4) is 5.88 Å². The Morgan fingerprint density at radius 2 is 2.31 bits per heavy atom. The topological polar surface area (TPSA) is 47.0 Å². The Morgan fingerprint density at radius 3 is 3.00 bits per heavy atom. The fourth-order valence-electron chi connectivity index (χ4n) is 1.29. The highest BCUT2D eigenvalue weighted by molar-refractivity contribution is 7.98. The van der Waals surface area contributed by atoms with Gasteiger partial charge < -0.3 is 10.1 Å². The molecule has 0 aliphatic rings. The van der Waals surface area contributed by atoms with Crippen molar-refractivity contribution in [2.45, 2.75) is 13.8 Å². The van der Waals surface area contributed by atoms with E-state index in [1.54, 1.807) is 0 Å². The molecule has 0 saturated carbocycles. The number of nitrogens with zero attached hydrogens (tertiary/aromatic N) is 2. The van der Waals surface area contributed by atoms with Crippen LogP contribution in [0.3, 0.4) is 0 Å². The van der Waals surface area contributed by atoms with Gasteiger partial charge in [0.15, 0.2) is 0 Å². The summed E-state index contributed by atoms with van der Waals surface area (Å²) in [6.07, 6.45) is 3.64. The van der Waals surface area contributed by atoms with E-state index in [1.165, 1.54) is 6.33 Å². The minimum absolute atomic E-state index is 0.623. The molecule has 1 aromatic heterocycles. The molecule has 16 heavy (non-hydrogen) atoms. The molecule has 0 aromatic carbocycles. The molecule has 0 aliphatic carbocycles. The van der Waals surface area contributed by atoms with Crippen LogP contribution in [-0.4, -0.2) is 35.1 Å². The first-order valence-corrected chi connectivity index (χ1v) is 6.83. The summed E-state index contributed by atoms with van der Waals surface area (Å²) in [4.78, 5) is 8.16. The van der Waals surface area contributed by atoms with Crippen LogP contribution in [0.2, 0.25) is 0 Å². The van der Waals surface area contributed by atoms with Crippen LogP contribution in [0.5, 0.6) is 5.88 Å². The molecule has 0 aliphatic heterocycles. The van der Waals surface area contributed by atoms with Crippen LogP contribution in [0, 0.1) is 5.92 Å². The first kappa shape index (κ1) is 13.1. The van der Waals surface area contributed by atoms with Gasteiger partial charge in [-0.25, -0.2) is 9.97 Å². The van der Waals surface area contributed by atoms with Crippen molar-refractivity contribution in [2.75, 3.05) is 30.5 Å². The lowest BCUT2D eigenvalue weighted by Crippen LogP contribution is -2.14. The summed E-state index contributed by atoms with van der Waals surface area (Å²) in [5.74, 6) is 3.22. The Hall–Kier alpha value is -0.970. The average molecular weight is 241 g/mol. The number of aromatic nitrogens is 2. The van der Waals surface area contributed by atoms with Gasteiger partial charge in [-0.2, -0.15) is 11.8 Å². The van der Waals surface area contributed by atoms with E-state index in [0.29, 0.717) is 18.4 Å². The van der Waals surface area contributed by atoms with Crippen LogP contribution in [0.25, 0.3) is 0 Å². The van der Waals surface area contributed by atoms with E-state index in [-0.39, 0.29) is 0 Å². The molecule has 1 N–H and O–H groups in total. The van der Waals surface area contributed by atoms with E-state index in [4.69, 9.17) is 4.74 Å². The second-order valence-electron chi connectivity index (χ2n) is 3.62. The van der Waals surface area contributed by atoms with Gasteiger partial charge >= 0.3 is 0 Å². The quantitative estimate of drug-likeness (QED) is 0.793. The molecule has 0 amide bonds. The third-order valence-electron chi connectivity index (χ3n) is 2.02. The molecule has 1 unspecified atom stereocenters. The van der Waals surface area contributed by atoms with Crippen LogP contribution in [-0.2, 0) is 0 Å². The van der Waals surface area contributed by atoms with Gasteiger partial charge in [0, 0.05) is 12.6 Å². The van der Waals surface area contributed by atoms with Crippen LogP contribution < -0.4 is 10.1 Å². The molecule has 1 heterocycles. The Kier molecular flexibility index (Phi) is 6.00. The number of rotatable bonds is 7. The summed E-state index contributed by atoms with van der Waals surface area (Å²) in [5.41, 5.74) is 0. The minimum atomic E-state index is 0.623. The van der Waals surface area contributed by atoms with Crippen molar-refractivity contribution in [1.29, 1.82) is 0 Å². The third-order valence-corrected chi connectivity index (χ3v) is 2.92. The third kappa shape index (κ3) is 4.70. The van der Waals surface area contributed by atoms with E-state index in [1.807, 2.05) is 24.8 Å². The summed E-state index contributed by atoms with van der Waals surface area (Å²) in [6, 6.07) is 1.83. The Bertz CT molecular complexity index is 309. The normalized spacial score (nSPS) is 12.2. The predicted octanol–water partition coefficient (Wildman–Crippen LogP) is 2.29. The van der Waals surface area contributed by atoms with E-state index in [0.717, 1.165) is 18.1 Å². The zero-order chi connectivity index (χ0) is 11.8. The van der Waals surface area contributed by atoms with Crippen molar-refractivity contribution in [3.63, 3.8) is 0 Å². The molecule has 1 rings (SSSR count). The molecule has 0 bridgehead atoms. The molecular formula is C11H19N3OS. The number of anilines is 1. The smallest absolute Gasteiger partial charge is 0.218 e. The van der Waals surface area contributed by atoms with Crippen molar-refractivity contribution < 1.29 is 4.74 Å². The fourth-order valence-corrected chi connectivity index (χ4v) is 1.97. The second kappa shape index (κ2) is 7.33. The molecule has 0 spiro atoms. The summed E-state index contributed by atoms with van der Waals surface area (Å²) in [5, 5.41) is 3.28. The summed E-state index contributed by atoms with van der Waals surface area (Å²) < 4.78 is 5.31. The molecule has 0 saturated heterocycles. The number of ether oxygens (including phenoxy) is 1. The van der Waals surface area contributed by atoms with Crippen molar-refractivity contribution in [3.05, 3.63) is 12.4 Å². The van der Waals surface area contributed by atoms with E-state index < -0.39 is 0 Å². The van der Waals surface area contributed by atoms with Gasteiger partial charge in [0.2, 0.25) is 5.88 Å². The van der Waals surface area contributed by atoms with Gasteiger partial charge in [-0.05, 0) is 24.9 Å². The van der Waals surface area contributed by atoms with E-state index in [9.17, 15) is 0 Å². The van der Waals surface area contributed by atoms with Gasteiger partial charge in [-0.15, -0.1) is 0 Å². The average Bonchev–Trinajstić information content (AvgIpc) is 2.28. The molecular weight excluding hydrogens is 222 g/mol. The van der Waals surface area contributed by atoms with Gasteiger partial charge in [0.25, 0.3) is 0 Å². The lowest BCUT2D eigenvalue weighted by atomic mass is 10.2.